The Balaban J connectivity index is 2.24. The smallest absolute Gasteiger partial charge is 0.265 e. The van der Waals surface area contributed by atoms with Gasteiger partial charge in [-0.1, -0.05) is 25.4 Å². The van der Waals surface area contributed by atoms with Gasteiger partial charge in [-0.2, -0.15) is 4.31 Å². The van der Waals surface area contributed by atoms with Crippen LogP contribution in [0, 0.1) is 0 Å². The van der Waals surface area contributed by atoms with Crippen molar-refractivity contribution in [1.82, 2.24) is 4.31 Å². The summed E-state index contributed by atoms with van der Waals surface area (Å²) in [6.07, 6.45) is -0.830. The zero-order valence-electron chi connectivity index (χ0n) is 16.8. The second-order valence-corrected chi connectivity index (χ2v) is 8.53. The number of hydrogen-bond donors (Lipinski definition) is 1. The third kappa shape index (κ3) is 5.62. The Morgan fingerprint density at radius 1 is 1.14 bits per heavy atom. The van der Waals surface area contributed by atoms with E-state index in [4.69, 9.17) is 21.1 Å². The molecular formula is C20H25ClN2O5S. The minimum atomic E-state index is -3.67. The minimum absolute atomic E-state index is 0.0728. The number of rotatable bonds is 9. The molecule has 0 spiro atoms. The first-order valence-electron chi connectivity index (χ1n) is 9.14. The topological polar surface area (TPSA) is 84.9 Å². The zero-order valence-corrected chi connectivity index (χ0v) is 18.4. The van der Waals surface area contributed by atoms with E-state index in [2.05, 4.69) is 5.32 Å². The number of carbonyl (C=O) groups excluding carboxylic acids is 1. The maximum Gasteiger partial charge on any atom is 0.265 e. The Bertz CT molecular complexity index is 944. The number of amides is 1. The molecule has 0 saturated heterocycles. The van der Waals surface area contributed by atoms with Crippen LogP contribution in [0.15, 0.2) is 47.4 Å². The molecule has 158 valence electrons. The molecule has 0 aliphatic rings. The summed E-state index contributed by atoms with van der Waals surface area (Å²) < 4.78 is 37.8. The van der Waals surface area contributed by atoms with Gasteiger partial charge in [-0.15, -0.1) is 0 Å². The van der Waals surface area contributed by atoms with E-state index < -0.39 is 22.0 Å². The van der Waals surface area contributed by atoms with Gasteiger partial charge in [0.05, 0.1) is 17.7 Å². The van der Waals surface area contributed by atoms with Gasteiger partial charge < -0.3 is 14.8 Å². The number of nitrogens with one attached hydrogen (secondary N) is 1. The molecule has 2 aromatic rings. The summed E-state index contributed by atoms with van der Waals surface area (Å²) >= 11 is 5.84. The second-order valence-electron chi connectivity index (χ2n) is 6.15. The quantitative estimate of drug-likeness (QED) is 0.641. The van der Waals surface area contributed by atoms with Crippen LogP contribution in [0.4, 0.5) is 5.69 Å². The van der Waals surface area contributed by atoms with Crippen molar-refractivity contribution in [3.05, 3.63) is 47.5 Å². The number of hydrogen-bond acceptors (Lipinski definition) is 5. The van der Waals surface area contributed by atoms with Crippen molar-refractivity contribution in [1.29, 1.82) is 0 Å². The summed E-state index contributed by atoms with van der Waals surface area (Å²) in [5.41, 5.74) is 0.247. The number of methoxy groups -OCH3 is 1. The lowest BCUT2D eigenvalue weighted by Gasteiger charge is -2.20. The van der Waals surface area contributed by atoms with Crippen LogP contribution in [0.25, 0.3) is 0 Å². The molecule has 0 heterocycles. The predicted octanol–water partition coefficient (Wildman–Crippen LogP) is 3.79. The molecule has 0 fully saturated rings. The van der Waals surface area contributed by atoms with Crippen LogP contribution in [0.2, 0.25) is 5.02 Å². The van der Waals surface area contributed by atoms with Gasteiger partial charge >= 0.3 is 0 Å². The highest BCUT2D eigenvalue weighted by molar-refractivity contribution is 7.89. The first-order chi connectivity index (χ1) is 13.7. The van der Waals surface area contributed by atoms with Gasteiger partial charge in [0.25, 0.3) is 5.91 Å². The van der Waals surface area contributed by atoms with Crippen molar-refractivity contribution >= 4 is 33.2 Å². The molecular weight excluding hydrogens is 416 g/mol. The van der Waals surface area contributed by atoms with E-state index in [0.717, 1.165) is 0 Å². The third-order valence-corrected chi connectivity index (χ3v) is 6.57. The van der Waals surface area contributed by atoms with Crippen LogP contribution >= 0.6 is 11.6 Å². The van der Waals surface area contributed by atoms with E-state index in [1.165, 1.54) is 29.6 Å². The maximum absolute atomic E-state index is 12.8. The van der Waals surface area contributed by atoms with Crippen LogP contribution in [-0.4, -0.2) is 44.9 Å². The second kappa shape index (κ2) is 9.96. The van der Waals surface area contributed by atoms with Crippen LogP contribution < -0.4 is 14.8 Å². The van der Waals surface area contributed by atoms with Gasteiger partial charge in [-0.05, 0) is 49.4 Å². The van der Waals surface area contributed by atoms with Gasteiger partial charge in [0, 0.05) is 18.1 Å². The minimum Gasteiger partial charge on any atom is -0.495 e. The number of benzene rings is 2. The van der Waals surface area contributed by atoms with Crippen LogP contribution in [-0.2, 0) is 14.8 Å². The number of carbonyl (C=O) groups is 1. The Kier molecular flexibility index (Phi) is 7.89. The van der Waals surface area contributed by atoms with Gasteiger partial charge in [-0.25, -0.2) is 8.42 Å². The molecule has 0 aromatic heterocycles. The van der Waals surface area contributed by atoms with Gasteiger partial charge in [0.15, 0.2) is 6.10 Å². The molecule has 9 heteroatoms. The molecule has 2 rings (SSSR count). The van der Waals surface area contributed by atoms with E-state index in [-0.39, 0.29) is 10.6 Å². The zero-order chi connectivity index (χ0) is 21.6. The molecule has 0 saturated carbocycles. The number of nitrogens with zero attached hydrogens (tertiary/aromatic N) is 1. The van der Waals surface area contributed by atoms with Crippen molar-refractivity contribution < 1.29 is 22.7 Å². The monoisotopic (exact) mass is 440 g/mol. The molecule has 0 aliphatic carbocycles. The summed E-state index contributed by atoms with van der Waals surface area (Å²) in [6.45, 7) is 5.82. The molecule has 1 amide bonds. The normalized spacial score (nSPS) is 12.5. The molecule has 29 heavy (non-hydrogen) atoms. The fourth-order valence-corrected chi connectivity index (χ4v) is 4.27. The predicted molar refractivity (Wildman–Crippen MR) is 113 cm³/mol. The molecule has 0 radical (unpaired) electrons. The van der Waals surface area contributed by atoms with Gasteiger partial charge in [-0.3, -0.25) is 4.79 Å². The molecule has 7 nitrogen and oxygen atoms in total. The van der Waals surface area contributed by atoms with Crippen LogP contribution in [0.5, 0.6) is 11.5 Å². The van der Waals surface area contributed by atoms with Crippen LogP contribution in [0.1, 0.15) is 20.8 Å². The molecule has 1 N–H and O–H groups in total. The first kappa shape index (κ1) is 23.0. The number of anilines is 1. The molecule has 2 aromatic carbocycles. The van der Waals surface area contributed by atoms with Gasteiger partial charge in [0.2, 0.25) is 10.0 Å². The van der Waals surface area contributed by atoms with E-state index in [1.54, 1.807) is 45.0 Å². The number of halogens is 1. The van der Waals surface area contributed by atoms with Crippen molar-refractivity contribution in [3.63, 3.8) is 0 Å². The van der Waals surface area contributed by atoms with E-state index in [9.17, 15) is 13.2 Å². The highest BCUT2D eigenvalue weighted by Crippen LogP contribution is 2.29. The van der Waals surface area contributed by atoms with Crippen molar-refractivity contribution in [3.8, 4) is 11.5 Å². The summed E-state index contributed by atoms with van der Waals surface area (Å²) in [4.78, 5) is 12.7. The Morgan fingerprint density at radius 2 is 1.76 bits per heavy atom. The Hall–Kier alpha value is -2.29. The molecule has 0 aliphatic heterocycles. The van der Waals surface area contributed by atoms with Gasteiger partial charge in [0.1, 0.15) is 11.5 Å². The number of ether oxygens (including phenoxy) is 2. The summed E-state index contributed by atoms with van der Waals surface area (Å²) in [7, 11) is -2.23. The maximum atomic E-state index is 12.8. The Labute approximate surface area is 176 Å². The summed E-state index contributed by atoms with van der Waals surface area (Å²) in [6, 6.07) is 11.0. The van der Waals surface area contributed by atoms with Crippen LogP contribution in [0.3, 0.4) is 0 Å². The molecule has 0 unspecified atom stereocenters. The average molecular weight is 441 g/mol. The van der Waals surface area contributed by atoms with E-state index in [0.29, 0.717) is 29.6 Å². The third-order valence-electron chi connectivity index (χ3n) is 4.27. The summed E-state index contributed by atoms with van der Waals surface area (Å²) in [5.74, 6) is 0.382. The standard InChI is InChI=1S/C20H25ClN2O5S/c1-5-23(6-2)29(25,26)17-11-12-19(27-4)18(13-17)22-20(24)14(3)28-16-9-7-15(21)8-10-16/h7-14H,5-6H2,1-4H3,(H,22,24)/t14-/m1/s1. The Morgan fingerprint density at radius 3 is 2.31 bits per heavy atom. The summed E-state index contributed by atoms with van der Waals surface area (Å²) in [5, 5.41) is 3.24. The number of sulfonamides is 1. The van der Waals surface area contributed by atoms with Crippen molar-refractivity contribution in [2.24, 2.45) is 0 Å². The van der Waals surface area contributed by atoms with Crippen molar-refractivity contribution in [2.75, 3.05) is 25.5 Å². The fourth-order valence-electron chi connectivity index (χ4n) is 2.66. The molecule has 0 bridgehead atoms. The van der Waals surface area contributed by atoms with E-state index in [1.807, 2.05) is 0 Å². The SMILES string of the molecule is CCN(CC)S(=O)(=O)c1ccc(OC)c(NC(=O)[C@@H](C)Oc2ccc(Cl)cc2)c1. The highest BCUT2D eigenvalue weighted by atomic mass is 35.5. The lowest BCUT2D eigenvalue weighted by molar-refractivity contribution is -0.122. The van der Waals surface area contributed by atoms with Crippen molar-refractivity contribution in [2.45, 2.75) is 31.8 Å². The fraction of sp³-hybridized carbons (Fsp3) is 0.350. The molecule has 1 atom stereocenters. The first-order valence-corrected chi connectivity index (χ1v) is 11.0. The van der Waals surface area contributed by atoms with E-state index >= 15 is 0 Å². The largest absolute Gasteiger partial charge is 0.495 e. The lowest BCUT2D eigenvalue weighted by Crippen LogP contribution is -2.31. The highest BCUT2D eigenvalue weighted by Gasteiger charge is 2.24. The lowest BCUT2D eigenvalue weighted by atomic mass is 10.2. The average Bonchev–Trinajstić information content (AvgIpc) is 2.70.